The zero-order valence-corrected chi connectivity index (χ0v) is 17.1. The first-order chi connectivity index (χ1) is 11.9. The van der Waals surface area contributed by atoms with E-state index in [1.165, 1.54) is 0 Å². The van der Waals surface area contributed by atoms with Crippen LogP contribution in [0, 0.1) is 3.57 Å². The van der Waals surface area contributed by atoms with Crippen LogP contribution in [0.4, 0.5) is 0 Å². The van der Waals surface area contributed by atoms with Crippen LogP contribution in [-0.2, 0) is 9.84 Å². The standard InChI is InChI=1S/C18H17ClINO3S/c19-15-7-3-1-5-13(15)17-9-10-21(11-12-25(17,23)24)18(22)14-6-2-4-8-16(14)20/h1-8,17H,9-12H2. The Bertz CT molecular complexity index is 901. The molecule has 2 aromatic carbocycles. The summed E-state index contributed by atoms with van der Waals surface area (Å²) >= 11 is 8.33. The molecule has 1 fully saturated rings. The van der Waals surface area contributed by atoms with Crippen molar-refractivity contribution in [1.29, 1.82) is 0 Å². The van der Waals surface area contributed by atoms with E-state index >= 15 is 0 Å². The van der Waals surface area contributed by atoms with Crippen molar-refractivity contribution in [2.75, 3.05) is 18.8 Å². The van der Waals surface area contributed by atoms with Crippen LogP contribution in [0.15, 0.2) is 48.5 Å². The third-order valence-electron chi connectivity index (χ3n) is 4.38. The SMILES string of the molecule is O=C(c1ccccc1I)N1CCC(c2ccccc2Cl)S(=O)(=O)CC1. The summed E-state index contributed by atoms with van der Waals surface area (Å²) in [6, 6.07) is 14.4. The first kappa shape index (κ1) is 18.7. The Morgan fingerprint density at radius 1 is 1.08 bits per heavy atom. The molecule has 7 heteroatoms. The van der Waals surface area contributed by atoms with E-state index < -0.39 is 15.1 Å². The lowest BCUT2D eigenvalue weighted by atomic mass is 10.1. The van der Waals surface area contributed by atoms with Gasteiger partial charge in [0.05, 0.1) is 16.6 Å². The van der Waals surface area contributed by atoms with Crippen molar-refractivity contribution >= 4 is 49.9 Å². The van der Waals surface area contributed by atoms with Crippen molar-refractivity contribution in [2.24, 2.45) is 0 Å². The Morgan fingerprint density at radius 3 is 2.48 bits per heavy atom. The van der Waals surface area contributed by atoms with Crippen molar-refractivity contribution < 1.29 is 13.2 Å². The number of nitrogens with zero attached hydrogens (tertiary/aromatic N) is 1. The van der Waals surface area contributed by atoms with E-state index in [1.54, 1.807) is 35.2 Å². The highest BCUT2D eigenvalue weighted by Gasteiger charge is 2.34. The summed E-state index contributed by atoms with van der Waals surface area (Å²) in [6.45, 7) is 0.589. The molecule has 0 spiro atoms. The molecule has 1 heterocycles. The summed E-state index contributed by atoms with van der Waals surface area (Å²) < 4.78 is 26.3. The van der Waals surface area contributed by atoms with Crippen LogP contribution in [0.3, 0.4) is 0 Å². The zero-order valence-electron chi connectivity index (χ0n) is 13.4. The molecule has 1 unspecified atom stereocenters. The van der Waals surface area contributed by atoms with E-state index in [0.29, 0.717) is 29.1 Å². The highest BCUT2D eigenvalue weighted by molar-refractivity contribution is 14.1. The number of hydrogen-bond acceptors (Lipinski definition) is 3. The van der Waals surface area contributed by atoms with Crippen molar-refractivity contribution in [3.8, 4) is 0 Å². The summed E-state index contributed by atoms with van der Waals surface area (Å²) in [5.41, 5.74) is 1.23. The number of amides is 1. The number of halogens is 2. The molecule has 4 nitrogen and oxygen atoms in total. The molecule has 2 aromatic rings. The van der Waals surface area contributed by atoms with Crippen LogP contribution in [0.5, 0.6) is 0 Å². The normalized spacial score (nSPS) is 20.1. The monoisotopic (exact) mass is 489 g/mol. The maximum Gasteiger partial charge on any atom is 0.254 e. The van der Waals surface area contributed by atoms with E-state index in [1.807, 2.05) is 18.2 Å². The quantitative estimate of drug-likeness (QED) is 0.601. The minimum atomic E-state index is -3.37. The Hall–Kier alpha value is -1.12. The smallest absolute Gasteiger partial charge is 0.254 e. The molecule has 0 aliphatic carbocycles. The average molecular weight is 490 g/mol. The van der Waals surface area contributed by atoms with E-state index in [2.05, 4.69) is 22.6 Å². The van der Waals surface area contributed by atoms with E-state index in [4.69, 9.17) is 11.6 Å². The number of sulfone groups is 1. The van der Waals surface area contributed by atoms with E-state index in [9.17, 15) is 13.2 Å². The van der Waals surface area contributed by atoms with Gasteiger partial charge in [-0.2, -0.15) is 0 Å². The summed E-state index contributed by atoms with van der Waals surface area (Å²) in [7, 11) is -3.37. The van der Waals surface area contributed by atoms with Crippen molar-refractivity contribution in [3.05, 3.63) is 68.3 Å². The first-order valence-corrected chi connectivity index (χ1v) is 11.1. The zero-order chi connectivity index (χ0) is 18.0. The van der Waals surface area contributed by atoms with Crippen LogP contribution in [-0.4, -0.2) is 38.1 Å². The molecule has 1 atom stereocenters. The summed E-state index contributed by atoms with van der Waals surface area (Å²) in [6.07, 6.45) is 0.348. The Balaban J connectivity index is 1.87. The largest absolute Gasteiger partial charge is 0.338 e. The van der Waals surface area contributed by atoms with Gasteiger partial charge in [0.1, 0.15) is 0 Å². The van der Waals surface area contributed by atoms with Gasteiger partial charge in [-0.25, -0.2) is 8.42 Å². The third-order valence-corrected chi connectivity index (χ3v) is 7.78. The molecule has 0 N–H and O–H groups in total. The number of carbonyl (C=O) groups is 1. The Labute approximate surface area is 166 Å². The summed E-state index contributed by atoms with van der Waals surface area (Å²) in [4.78, 5) is 14.4. The molecular weight excluding hydrogens is 473 g/mol. The second-order valence-electron chi connectivity index (χ2n) is 5.94. The second-order valence-corrected chi connectivity index (χ2v) is 9.81. The van der Waals surface area contributed by atoms with E-state index in [0.717, 1.165) is 3.57 Å². The highest BCUT2D eigenvalue weighted by atomic mass is 127. The molecule has 0 radical (unpaired) electrons. The van der Waals surface area contributed by atoms with Gasteiger partial charge in [0.25, 0.3) is 5.91 Å². The molecule has 0 bridgehead atoms. The predicted molar refractivity (Wildman–Crippen MR) is 108 cm³/mol. The lowest BCUT2D eigenvalue weighted by molar-refractivity contribution is 0.0765. The molecule has 3 rings (SSSR count). The fourth-order valence-corrected chi connectivity index (χ4v) is 5.80. The molecule has 1 amide bonds. The minimum absolute atomic E-state index is 0.0575. The molecule has 1 aliphatic rings. The van der Waals surface area contributed by atoms with Crippen LogP contribution < -0.4 is 0 Å². The van der Waals surface area contributed by atoms with Crippen molar-refractivity contribution in [1.82, 2.24) is 4.90 Å². The molecule has 0 aromatic heterocycles. The van der Waals surface area contributed by atoms with Gasteiger partial charge >= 0.3 is 0 Å². The van der Waals surface area contributed by atoms with Gasteiger partial charge in [-0.1, -0.05) is 41.9 Å². The maximum atomic E-state index is 12.8. The fourth-order valence-electron chi connectivity index (χ4n) is 3.04. The summed E-state index contributed by atoms with van der Waals surface area (Å²) in [5.74, 6) is -0.182. The van der Waals surface area contributed by atoms with E-state index in [-0.39, 0.29) is 18.2 Å². The first-order valence-electron chi connectivity index (χ1n) is 7.90. The molecular formula is C18H17ClINO3S. The third kappa shape index (κ3) is 4.01. The van der Waals surface area contributed by atoms with Crippen LogP contribution in [0.1, 0.15) is 27.6 Å². The van der Waals surface area contributed by atoms with Gasteiger partial charge in [-0.15, -0.1) is 0 Å². The van der Waals surface area contributed by atoms with Crippen molar-refractivity contribution in [2.45, 2.75) is 11.7 Å². The highest BCUT2D eigenvalue weighted by Crippen LogP contribution is 2.34. The number of carbonyl (C=O) groups excluding carboxylic acids is 1. The fraction of sp³-hybridized carbons (Fsp3) is 0.278. The Morgan fingerprint density at radius 2 is 1.76 bits per heavy atom. The topological polar surface area (TPSA) is 54.5 Å². The molecule has 132 valence electrons. The van der Waals surface area contributed by atoms with Crippen LogP contribution in [0.2, 0.25) is 5.02 Å². The molecule has 1 aliphatic heterocycles. The van der Waals surface area contributed by atoms with Crippen molar-refractivity contribution in [3.63, 3.8) is 0 Å². The van der Waals surface area contributed by atoms with Gasteiger partial charge in [0.2, 0.25) is 0 Å². The summed E-state index contributed by atoms with van der Waals surface area (Å²) in [5, 5.41) is -0.220. The second kappa shape index (κ2) is 7.63. The van der Waals surface area contributed by atoms with Crippen LogP contribution in [0.25, 0.3) is 0 Å². The van der Waals surface area contributed by atoms with Gasteiger partial charge < -0.3 is 4.90 Å². The minimum Gasteiger partial charge on any atom is -0.338 e. The molecule has 25 heavy (non-hydrogen) atoms. The van der Waals surface area contributed by atoms with Crippen LogP contribution >= 0.6 is 34.2 Å². The van der Waals surface area contributed by atoms with Gasteiger partial charge in [-0.05, 0) is 52.8 Å². The predicted octanol–water partition coefficient (Wildman–Crippen LogP) is 3.95. The number of hydrogen-bond donors (Lipinski definition) is 0. The maximum absolute atomic E-state index is 12.8. The molecule has 0 saturated carbocycles. The lowest BCUT2D eigenvalue weighted by Gasteiger charge is -2.20. The average Bonchev–Trinajstić information content (AvgIpc) is 2.74. The van der Waals surface area contributed by atoms with Gasteiger partial charge in [-0.3, -0.25) is 4.79 Å². The lowest BCUT2D eigenvalue weighted by Crippen LogP contribution is -2.34. The number of rotatable bonds is 2. The van der Waals surface area contributed by atoms with Gasteiger partial charge in [0.15, 0.2) is 9.84 Å². The Kier molecular flexibility index (Phi) is 5.70. The molecule has 1 saturated heterocycles. The number of benzene rings is 2. The van der Waals surface area contributed by atoms with Gasteiger partial charge in [0, 0.05) is 21.7 Å².